The molecule has 0 bridgehead atoms. The molecule has 3 aromatic rings. The maximum atomic E-state index is 11.8. The van der Waals surface area contributed by atoms with E-state index in [4.69, 9.17) is 11.6 Å². The molecule has 3 rings (SSSR count). The number of amides is 1. The molecule has 7 heteroatoms. The van der Waals surface area contributed by atoms with E-state index < -0.39 is 0 Å². The third-order valence-electron chi connectivity index (χ3n) is 3.01. The zero-order valence-corrected chi connectivity index (χ0v) is 13.6. The van der Waals surface area contributed by atoms with E-state index in [-0.39, 0.29) is 11.7 Å². The Morgan fingerprint density at radius 1 is 1.26 bits per heavy atom. The van der Waals surface area contributed by atoms with Gasteiger partial charge in [0.25, 0.3) is 5.91 Å². The number of fused-ring (bicyclic) bond motifs is 1. The molecular formula is C16H13ClN4OS. The number of nitrogens with one attached hydrogen (secondary N) is 2. The molecule has 116 valence electrons. The Hall–Kier alpha value is -2.31. The number of carbonyl (C=O) groups is 1. The van der Waals surface area contributed by atoms with Gasteiger partial charge in [0.1, 0.15) is 0 Å². The third kappa shape index (κ3) is 4.12. The standard InChI is InChI=1S/C16H13ClN4OS/c17-12-6-2-1-5-11(12)9-18-21-15(22)10-23-16-19-13-7-3-4-8-14(13)20-16/h1-9H,10H2,(H,19,20)(H,21,22)/b18-9+. The van der Waals surface area contributed by atoms with Crippen molar-refractivity contribution in [2.75, 3.05) is 5.75 Å². The summed E-state index contributed by atoms with van der Waals surface area (Å²) in [5.74, 6) is 0.0124. The number of thioether (sulfide) groups is 1. The van der Waals surface area contributed by atoms with Gasteiger partial charge in [0, 0.05) is 10.6 Å². The number of para-hydroxylation sites is 2. The molecule has 0 spiro atoms. The fraction of sp³-hybridized carbons (Fsp3) is 0.0625. The number of aromatic nitrogens is 2. The van der Waals surface area contributed by atoms with Crippen LogP contribution in [-0.2, 0) is 4.79 Å². The van der Waals surface area contributed by atoms with Crippen LogP contribution in [0.1, 0.15) is 5.56 Å². The first-order valence-electron chi connectivity index (χ1n) is 6.86. The summed E-state index contributed by atoms with van der Waals surface area (Å²) in [6.45, 7) is 0. The van der Waals surface area contributed by atoms with Crippen LogP contribution in [0.5, 0.6) is 0 Å². The van der Waals surface area contributed by atoms with Gasteiger partial charge in [0.15, 0.2) is 5.16 Å². The maximum Gasteiger partial charge on any atom is 0.250 e. The van der Waals surface area contributed by atoms with Crippen LogP contribution in [0.3, 0.4) is 0 Å². The first-order valence-corrected chi connectivity index (χ1v) is 8.23. The van der Waals surface area contributed by atoms with Gasteiger partial charge in [-0.2, -0.15) is 5.10 Å². The van der Waals surface area contributed by atoms with Crippen LogP contribution < -0.4 is 5.43 Å². The first-order chi connectivity index (χ1) is 11.2. The van der Waals surface area contributed by atoms with Crippen molar-refractivity contribution in [2.24, 2.45) is 5.10 Å². The molecule has 0 radical (unpaired) electrons. The lowest BCUT2D eigenvalue weighted by Gasteiger charge is -1.99. The molecule has 0 saturated heterocycles. The van der Waals surface area contributed by atoms with Gasteiger partial charge in [-0.1, -0.05) is 53.7 Å². The molecular weight excluding hydrogens is 332 g/mol. The highest BCUT2D eigenvalue weighted by atomic mass is 35.5. The number of halogens is 1. The van der Waals surface area contributed by atoms with Gasteiger partial charge in [-0.25, -0.2) is 10.4 Å². The van der Waals surface area contributed by atoms with Crippen molar-refractivity contribution >= 4 is 46.5 Å². The van der Waals surface area contributed by atoms with E-state index in [0.29, 0.717) is 10.2 Å². The summed E-state index contributed by atoms with van der Waals surface area (Å²) in [6.07, 6.45) is 1.52. The van der Waals surface area contributed by atoms with Crippen molar-refractivity contribution in [3.63, 3.8) is 0 Å². The average molecular weight is 345 g/mol. The van der Waals surface area contributed by atoms with Gasteiger partial charge >= 0.3 is 0 Å². The van der Waals surface area contributed by atoms with Gasteiger partial charge in [-0.3, -0.25) is 4.79 Å². The molecule has 23 heavy (non-hydrogen) atoms. The normalized spacial score (nSPS) is 11.2. The molecule has 1 amide bonds. The van der Waals surface area contributed by atoms with E-state index in [1.165, 1.54) is 18.0 Å². The Labute approximate surface area is 142 Å². The predicted octanol–water partition coefficient (Wildman–Crippen LogP) is 3.46. The zero-order valence-electron chi connectivity index (χ0n) is 12.0. The largest absolute Gasteiger partial charge is 0.333 e. The van der Waals surface area contributed by atoms with Crippen molar-refractivity contribution in [1.82, 2.24) is 15.4 Å². The topological polar surface area (TPSA) is 70.1 Å². The summed E-state index contributed by atoms with van der Waals surface area (Å²) in [5, 5.41) is 5.19. The molecule has 2 aromatic carbocycles. The van der Waals surface area contributed by atoms with E-state index in [9.17, 15) is 4.79 Å². The second kappa shape index (κ2) is 7.30. The minimum Gasteiger partial charge on any atom is -0.333 e. The predicted molar refractivity (Wildman–Crippen MR) is 94.0 cm³/mol. The summed E-state index contributed by atoms with van der Waals surface area (Å²) in [5.41, 5.74) is 5.05. The average Bonchev–Trinajstić information content (AvgIpc) is 2.98. The fourth-order valence-corrected chi connectivity index (χ4v) is 2.78. The van der Waals surface area contributed by atoms with E-state index in [0.717, 1.165) is 16.6 Å². The summed E-state index contributed by atoms with van der Waals surface area (Å²) < 4.78 is 0. The van der Waals surface area contributed by atoms with Crippen LogP contribution in [0.15, 0.2) is 58.8 Å². The number of hydrogen-bond acceptors (Lipinski definition) is 4. The van der Waals surface area contributed by atoms with Crippen LogP contribution in [0.4, 0.5) is 0 Å². The number of rotatable bonds is 5. The summed E-state index contributed by atoms with van der Waals surface area (Å²) in [6, 6.07) is 15.0. The van der Waals surface area contributed by atoms with Crippen molar-refractivity contribution in [3.05, 3.63) is 59.1 Å². The van der Waals surface area contributed by atoms with Gasteiger partial charge < -0.3 is 4.98 Å². The number of hydrogen-bond donors (Lipinski definition) is 2. The Morgan fingerprint density at radius 2 is 2.04 bits per heavy atom. The second-order valence-corrected chi connectivity index (χ2v) is 6.03. The number of imidazole rings is 1. The maximum absolute atomic E-state index is 11.8. The van der Waals surface area contributed by atoms with Gasteiger partial charge in [0.2, 0.25) is 0 Å². The lowest BCUT2D eigenvalue weighted by atomic mass is 10.2. The number of nitrogens with zero attached hydrogens (tertiary/aromatic N) is 2. The molecule has 0 aliphatic heterocycles. The highest BCUT2D eigenvalue weighted by Crippen LogP contribution is 2.18. The van der Waals surface area contributed by atoms with Gasteiger partial charge in [-0.05, 0) is 18.2 Å². The molecule has 0 unspecified atom stereocenters. The quantitative estimate of drug-likeness (QED) is 0.423. The number of hydrazone groups is 1. The Morgan fingerprint density at radius 3 is 2.87 bits per heavy atom. The highest BCUT2D eigenvalue weighted by Gasteiger charge is 2.06. The van der Waals surface area contributed by atoms with Crippen LogP contribution in [0.25, 0.3) is 11.0 Å². The van der Waals surface area contributed by atoms with Gasteiger partial charge in [0.05, 0.1) is 23.0 Å². The Kier molecular flexibility index (Phi) is 4.95. The van der Waals surface area contributed by atoms with E-state index in [1.807, 2.05) is 42.5 Å². The van der Waals surface area contributed by atoms with Crippen molar-refractivity contribution in [3.8, 4) is 0 Å². The molecule has 0 aliphatic rings. The highest BCUT2D eigenvalue weighted by molar-refractivity contribution is 7.99. The lowest BCUT2D eigenvalue weighted by Crippen LogP contribution is -2.19. The Bertz CT molecular complexity index is 829. The molecule has 1 heterocycles. The summed E-state index contributed by atoms with van der Waals surface area (Å²) in [7, 11) is 0. The smallest absolute Gasteiger partial charge is 0.250 e. The Balaban J connectivity index is 1.52. The zero-order chi connectivity index (χ0) is 16.1. The number of H-pyrrole nitrogens is 1. The monoisotopic (exact) mass is 344 g/mol. The van der Waals surface area contributed by atoms with Gasteiger partial charge in [-0.15, -0.1) is 0 Å². The molecule has 5 nitrogen and oxygen atoms in total. The number of carbonyl (C=O) groups excluding carboxylic acids is 1. The van der Waals surface area contributed by atoms with E-state index in [2.05, 4.69) is 20.5 Å². The van der Waals surface area contributed by atoms with Crippen molar-refractivity contribution in [1.29, 1.82) is 0 Å². The van der Waals surface area contributed by atoms with Crippen LogP contribution >= 0.6 is 23.4 Å². The molecule has 0 saturated carbocycles. The third-order valence-corrected chi connectivity index (χ3v) is 4.22. The molecule has 0 atom stereocenters. The molecule has 0 aliphatic carbocycles. The van der Waals surface area contributed by atoms with Crippen molar-refractivity contribution < 1.29 is 4.79 Å². The second-order valence-electron chi connectivity index (χ2n) is 4.66. The molecule has 2 N–H and O–H groups in total. The van der Waals surface area contributed by atoms with Crippen LogP contribution in [0.2, 0.25) is 5.02 Å². The molecule has 1 aromatic heterocycles. The number of benzene rings is 2. The minimum atomic E-state index is -0.209. The van der Waals surface area contributed by atoms with E-state index in [1.54, 1.807) is 6.07 Å². The number of aromatic amines is 1. The lowest BCUT2D eigenvalue weighted by molar-refractivity contribution is -0.118. The summed E-state index contributed by atoms with van der Waals surface area (Å²) in [4.78, 5) is 19.3. The summed E-state index contributed by atoms with van der Waals surface area (Å²) >= 11 is 7.32. The SMILES string of the molecule is O=C(CSc1nc2ccccc2[nH]1)N/N=C/c1ccccc1Cl. The first kappa shape index (κ1) is 15.6. The van der Waals surface area contributed by atoms with Crippen LogP contribution in [0, 0.1) is 0 Å². The van der Waals surface area contributed by atoms with Crippen LogP contribution in [-0.4, -0.2) is 27.8 Å². The fourth-order valence-electron chi connectivity index (χ4n) is 1.92. The van der Waals surface area contributed by atoms with Crippen molar-refractivity contribution in [2.45, 2.75) is 5.16 Å². The minimum absolute atomic E-state index is 0.209. The van der Waals surface area contributed by atoms with E-state index >= 15 is 0 Å². The molecule has 0 fully saturated rings.